The molecule has 0 bridgehead atoms. The molecule has 0 aliphatic carbocycles. The van der Waals surface area contributed by atoms with Crippen molar-refractivity contribution in [1.82, 2.24) is 9.55 Å². The number of aryl methyl sites for hydroxylation is 1. The van der Waals surface area contributed by atoms with Crippen LogP contribution in [-0.4, -0.2) is 43.0 Å². The number of rotatable bonds is 5. The van der Waals surface area contributed by atoms with E-state index in [0.717, 1.165) is 0 Å². The number of nitrogens with one attached hydrogen (secondary N) is 1. The lowest BCUT2D eigenvalue weighted by atomic mass is 10.1. The van der Waals surface area contributed by atoms with E-state index >= 15 is 0 Å². The largest absolute Gasteiger partial charge is 0.414 e. The molecule has 24 heavy (non-hydrogen) atoms. The Balaban J connectivity index is 2.23. The fourth-order valence-electron chi connectivity index (χ4n) is 2.65. The van der Waals surface area contributed by atoms with E-state index in [1.165, 1.54) is 10.8 Å². The molecule has 2 heterocycles. The lowest BCUT2D eigenvalue weighted by molar-refractivity contribution is -0.103. The number of hydrogen-bond acceptors (Lipinski definition) is 5. The van der Waals surface area contributed by atoms with E-state index in [4.69, 9.17) is 13.9 Å². The molecule has 0 unspecified atom stereocenters. The first-order valence-corrected chi connectivity index (χ1v) is 10.6. The predicted molar refractivity (Wildman–Crippen MR) is 92.6 cm³/mol. The summed E-state index contributed by atoms with van der Waals surface area (Å²) in [6.45, 7) is 12.2. The standard InChI is InChI=1S/C16H27N2O5Si/c1-10-8-18(15(20)17-14(10)19)13-7-11(23-16(2,3)4)12(22-13)9-21-24(5)6/h8,11-13H,7,9H2,1-6H3,(H,17,19,20)/t11-,12+,13+/m0/s1. The fraction of sp³-hybridized carbons (Fsp3) is 0.750. The molecule has 135 valence electrons. The number of aromatic amines is 1. The lowest BCUT2D eigenvalue weighted by Crippen LogP contribution is -2.36. The molecule has 3 atom stereocenters. The van der Waals surface area contributed by atoms with Gasteiger partial charge >= 0.3 is 5.69 Å². The van der Waals surface area contributed by atoms with Crippen molar-refractivity contribution in [2.75, 3.05) is 6.61 Å². The van der Waals surface area contributed by atoms with Gasteiger partial charge in [-0.05, 0) is 40.8 Å². The van der Waals surface area contributed by atoms with Crippen LogP contribution in [-0.2, 0) is 13.9 Å². The van der Waals surface area contributed by atoms with Gasteiger partial charge in [0, 0.05) is 18.2 Å². The molecular weight excluding hydrogens is 328 g/mol. The maximum absolute atomic E-state index is 12.1. The molecule has 1 aliphatic heterocycles. The Morgan fingerprint density at radius 1 is 1.38 bits per heavy atom. The molecule has 0 amide bonds. The zero-order valence-electron chi connectivity index (χ0n) is 15.2. The summed E-state index contributed by atoms with van der Waals surface area (Å²) in [6, 6.07) is 0. The van der Waals surface area contributed by atoms with Crippen molar-refractivity contribution in [2.24, 2.45) is 0 Å². The Hall–Kier alpha value is -1.22. The molecule has 0 aromatic carbocycles. The summed E-state index contributed by atoms with van der Waals surface area (Å²) in [6.07, 6.45) is 1.19. The second-order valence-corrected chi connectivity index (χ2v) is 9.44. The molecular formula is C16H27N2O5Si. The molecule has 1 N–H and O–H groups in total. The second kappa shape index (κ2) is 7.34. The van der Waals surface area contributed by atoms with E-state index in [-0.39, 0.29) is 23.4 Å². The normalized spacial score (nSPS) is 24.7. The average molecular weight is 355 g/mol. The van der Waals surface area contributed by atoms with E-state index in [1.54, 1.807) is 6.92 Å². The third-order valence-electron chi connectivity index (χ3n) is 3.68. The van der Waals surface area contributed by atoms with E-state index in [9.17, 15) is 9.59 Å². The van der Waals surface area contributed by atoms with Crippen LogP contribution < -0.4 is 11.2 Å². The van der Waals surface area contributed by atoms with E-state index < -0.39 is 21.0 Å². The summed E-state index contributed by atoms with van der Waals surface area (Å²) in [7, 11) is -0.841. The zero-order valence-corrected chi connectivity index (χ0v) is 16.2. The quantitative estimate of drug-likeness (QED) is 0.811. The first-order valence-electron chi connectivity index (χ1n) is 8.15. The molecule has 8 heteroatoms. The molecule has 1 radical (unpaired) electrons. The SMILES string of the molecule is Cc1cn([C@H]2C[C@H](OC(C)(C)C)[C@@H](CO[Si](C)C)O2)c(=O)[nH]c1=O. The second-order valence-electron chi connectivity index (χ2n) is 7.33. The third kappa shape index (κ3) is 4.89. The van der Waals surface area contributed by atoms with Crippen molar-refractivity contribution in [1.29, 1.82) is 0 Å². The summed E-state index contributed by atoms with van der Waals surface area (Å²) < 4.78 is 19.4. The maximum Gasteiger partial charge on any atom is 0.330 e. The minimum absolute atomic E-state index is 0.171. The number of aromatic nitrogens is 2. The van der Waals surface area contributed by atoms with E-state index in [2.05, 4.69) is 18.1 Å². The molecule has 7 nitrogen and oxygen atoms in total. The van der Waals surface area contributed by atoms with Gasteiger partial charge in [-0.15, -0.1) is 0 Å². The highest BCUT2D eigenvalue weighted by atomic mass is 28.3. The van der Waals surface area contributed by atoms with Crippen molar-refractivity contribution >= 4 is 9.04 Å². The number of ether oxygens (including phenoxy) is 2. The maximum atomic E-state index is 12.1. The van der Waals surface area contributed by atoms with Gasteiger partial charge in [0.15, 0.2) is 0 Å². The summed E-state index contributed by atoms with van der Waals surface area (Å²) in [5, 5.41) is 0. The Morgan fingerprint density at radius 3 is 2.62 bits per heavy atom. The van der Waals surface area contributed by atoms with Crippen LogP contribution in [0.25, 0.3) is 0 Å². The van der Waals surface area contributed by atoms with Crippen LogP contribution in [0.3, 0.4) is 0 Å². The van der Waals surface area contributed by atoms with Gasteiger partial charge in [-0.25, -0.2) is 4.79 Å². The smallest absolute Gasteiger partial charge is 0.330 e. The topological polar surface area (TPSA) is 82.6 Å². The van der Waals surface area contributed by atoms with Gasteiger partial charge in [0.25, 0.3) is 5.56 Å². The fourth-order valence-corrected chi connectivity index (χ4v) is 3.15. The molecule has 0 saturated carbocycles. The molecule has 0 spiro atoms. The highest BCUT2D eigenvalue weighted by molar-refractivity contribution is 6.48. The van der Waals surface area contributed by atoms with Gasteiger partial charge in [-0.1, -0.05) is 0 Å². The molecule has 1 aromatic heterocycles. The van der Waals surface area contributed by atoms with Crippen LogP contribution in [0.1, 0.15) is 39.0 Å². The average Bonchev–Trinajstić information content (AvgIpc) is 2.81. The molecule has 1 aromatic rings. The highest BCUT2D eigenvalue weighted by Gasteiger charge is 2.39. The van der Waals surface area contributed by atoms with Gasteiger partial charge in [-0.2, -0.15) is 0 Å². The van der Waals surface area contributed by atoms with Crippen molar-refractivity contribution in [3.63, 3.8) is 0 Å². The Bertz CT molecular complexity index is 676. The summed E-state index contributed by atoms with van der Waals surface area (Å²) in [4.78, 5) is 26.0. The van der Waals surface area contributed by atoms with E-state index in [1.807, 2.05) is 20.8 Å². The lowest BCUT2D eigenvalue weighted by Gasteiger charge is -2.27. The van der Waals surface area contributed by atoms with Gasteiger partial charge in [-0.3, -0.25) is 14.3 Å². The van der Waals surface area contributed by atoms with Gasteiger partial charge in [0.1, 0.15) is 12.3 Å². The summed E-state index contributed by atoms with van der Waals surface area (Å²) >= 11 is 0. The monoisotopic (exact) mass is 355 g/mol. The number of nitrogens with zero attached hydrogens (tertiary/aromatic N) is 1. The summed E-state index contributed by atoms with van der Waals surface area (Å²) in [5.74, 6) is 0. The van der Waals surface area contributed by atoms with Crippen molar-refractivity contribution in [3.05, 3.63) is 32.6 Å². The van der Waals surface area contributed by atoms with Crippen molar-refractivity contribution < 1.29 is 13.9 Å². The minimum Gasteiger partial charge on any atom is -0.414 e. The Morgan fingerprint density at radius 2 is 2.04 bits per heavy atom. The molecule has 1 aliphatic rings. The third-order valence-corrected chi connectivity index (χ3v) is 4.42. The van der Waals surface area contributed by atoms with Crippen molar-refractivity contribution in [3.8, 4) is 0 Å². The summed E-state index contributed by atoms with van der Waals surface area (Å²) in [5.41, 5.74) is -0.693. The van der Waals surface area contributed by atoms with Crippen LogP contribution in [0.15, 0.2) is 15.8 Å². The predicted octanol–water partition coefficient (Wildman–Crippen LogP) is 1.58. The molecule has 1 fully saturated rings. The van der Waals surface area contributed by atoms with Crippen LogP contribution in [0, 0.1) is 6.92 Å². The van der Waals surface area contributed by atoms with Crippen LogP contribution in [0.4, 0.5) is 0 Å². The Kier molecular flexibility index (Phi) is 5.85. The highest BCUT2D eigenvalue weighted by Crippen LogP contribution is 2.32. The van der Waals surface area contributed by atoms with Gasteiger partial charge < -0.3 is 13.9 Å². The van der Waals surface area contributed by atoms with Crippen LogP contribution in [0.2, 0.25) is 13.1 Å². The Labute approximate surface area is 143 Å². The van der Waals surface area contributed by atoms with Gasteiger partial charge in [0.2, 0.25) is 9.04 Å². The van der Waals surface area contributed by atoms with Gasteiger partial charge in [0.05, 0.1) is 18.3 Å². The number of H-pyrrole nitrogens is 1. The first kappa shape index (κ1) is 19.1. The minimum atomic E-state index is -0.841. The van der Waals surface area contributed by atoms with Crippen LogP contribution >= 0.6 is 0 Å². The molecule has 1 saturated heterocycles. The first-order chi connectivity index (χ1) is 11.1. The zero-order chi connectivity index (χ0) is 18.1. The molecule has 2 rings (SSSR count). The van der Waals surface area contributed by atoms with E-state index in [0.29, 0.717) is 18.6 Å². The van der Waals surface area contributed by atoms with Crippen LogP contribution in [0.5, 0.6) is 0 Å². The van der Waals surface area contributed by atoms with Crippen molar-refractivity contribution in [2.45, 2.75) is 71.2 Å². The number of hydrogen-bond donors (Lipinski definition) is 1.